The first-order valence-electron chi connectivity index (χ1n) is 9.13. The topological polar surface area (TPSA) is 95.9 Å². The third kappa shape index (κ3) is 4.45. The van der Waals surface area contributed by atoms with Gasteiger partial charge in [-0.2, -0.15) is 0 Å². The first kappa shape index (κ1) is 20.1. The third-order valence-corrected chi connectivity index (χ3v) is 4.83. The standard InChI is InChI=1S/C22H22N2O5/c1-14(25)24-10-9-16-5-3-4-6-17(16)19(24)12-21(26)23-13-15-7-8-20(29-2)18(11-15)22(27)28/h3-11,19H,12-13H2,1-2H3,(H,23,26)(H,27,28). The average Bonchev–Trinajstić information content (AvgIpc) is 2.72. The maximum absolute atomic E-state index is 12.6. The summed E-state index contributed by atoms with van der Waals surface area (Å²) in [5, 5.41) is 12.1. The van der Waals surface area contributed by atoms with E-state index in [0.29, 0.717) is 5.56 Å². The summed E-state index contributed by atoms with van der Waals surface area (Å²) in [6.07, 6.45) is 3.66. The largest absolute Gasteiger partial charge is 0.496 e. The van der Waals surface area contributed by atoms with Crippen molar-refractivity contribution in [2.45, 2.75) is 25.9 Å². The second-order valence-electron chi connectivity index (χ2n) is 6.71. The molecule has 2 aromatic carbocycles. The van der Waals surface area contributed by atoms with Crippen LogP contribution in [-0.2, 0) is 16.1 Å². The van der Waals surface area contributed by atoms with Crippen LogP contribution in [0, 0.1) is 0 Å². The number of methoxy groups -OCH3 is 1. The lowest BCUT2D eigenvalue weighted by atomic mass is 9.93. The van der Waals surface area contributed by atoms with Crippen molar-refractivity contribution in [1.82, 2.24) is 10.2 Å². The van der Waals surface area contributed by atoms with Gasteiger partial charge in [-0.15, -0.1) is 0 Å². The summed E-state index contributed by atoms with van der Waals surface area (Å²) < 4.78 is 5.04. The van der Waals surface area contributed by atoms with Gasteiger partial charge in [0.15, 0.2) is 0 Å². The first-order chi connectivity index (χ1) is 13.9. The molecule has 2 aromatic rings. The monoisotopic (exact) mass is 394 g/mol. The Hall–Kier alpha value is -3.61. The van der Waals surface area contributed by atoms with E-state index in [2.05, 4.69) is 5.32 Å². The van der Waals surface area contributed by atoms with Gasteiger partial charge in [0.25, 0.3) is 0 Å². The zero-order valence-corrected chi connectivity index (χ0v) is 16.2. The number of aromatic carboxylic acids is 1. The van der Waals surface area contributed by atoms with Crippen molar-refractivity contribution in [1.29, 1.82) is 0 Å². The van der Waals surface area contributed by atoms with Gasteiger partial charge in [0.1, 0.15) is 11.3 Å². The van der Waals surface area contributed by atoms with Crippen molar-refractivity contribution in [3.63, 3.8) is 0 Å². The van der Waals surface area contributed by atoms with E-state index in [4.69, 9.17) is 4.74 Å². The molecular formula is C22H22N2O5. The average molecular weight is 394 g/mol. The fraction of sp³-hybridized carbons (Fsp3) is 0.227. The molecule has 150 valence electrons. The highest BCUT2D eigenvalue weighted by atomic mass is 16.5. The summed E-state index contributed by atoms with van der Waals surface area (Å²) in [6.45, 7) is 1.64. The molecule has 3 rings (SSSR count). The Kier molecular flexibility index (Phi) is 5.97. The Balaban J connectivity index is 1.72. The van der Waals surface area contributed by atoms with Crippen molar-refractivity contribution in [2.24, 2.45) is 0 Å². The van der Waals surface area contributed by atoms with E-state index in [1.54, 1.807) is 23.2 Å². The molecule has 7 nitrogen and oxygen atoms in total. The summed E-state index contributed by atoms with van der Waals surface area (Å²) in [7, 11) is 1.40. The van der Waals surface area contributed by atoms with Gasteiger partial charge >= 0.3 is 5.97 Å². The van der Waals surface area contributed by atoms with Gasteiger partial charge in [-0.1, -0.05) is 30.3 Å². The predicted molar refractivity (Wildman–Crippen MR) is 107 cm³/mol. The van der Waals surface area contributed by atoms with Gasteiger partial charge in [-0.3, -0.25) is 9.59 Å². The minimum atomic E-state index is -1.10. The van der Waals surface area contributed by atoms with Crippen LogP contribution in [0.4, 0.5) is 0 Å². The number of carboxylic acids is 1. The van der Waals surface area contributed by atoms with E-state index >= 15 is 0 Å². The number of hydrogen-bond donors (Lipinski definition) is 2. The molecule has 0 radical (unpaired) electrons. The Morgan fingerprint density at radius 3 is 2.62 bits per heavy atom. The van der Waals surface area contributed by atoms with Crippen molar-refractivity contribution in [3.05, 3.63) is 70.9 Å². The van der Waals surface area contributed by atoms with Crippen LogP contribution in [-0.4, -0.2) is 34.9 Å². The highest BCUT2D eigenvalue weighted by Gasteiger charge is 2.28. The zero-order valence-electron chi connectivity index (χ0n) is 16.2. The molecule has 0 aliphatic carbocycles. The quantitative estimate of drug-likeness (QED) is 0.785. The Morgan fingerprint density at radius 2 is 1.93 bits per heavy atom. The smallest absolute Gasteiger partial charge is 0.339 e. The molecule has 7 heteroatoms. The molecule has 0 fully saturated rings. The molecule has 0 bridgehead atoms. The molecule has 2 amide bonds. The van der Waals surface area contributed by atoms with Crippen molar-refractivity contribution in [2.75, 3.05) is 7.11 Å². The molecule has 0 spiro atoms. The lowest BCUT2D eigenvalue weighted by Gasteiger charge is -2.32. The van der Waals surface area contributed by atoms with E-state index < -0.39 is 5.97 Å². The molecular weight excluding hydrogens is 372 g/mol. The SMILES string of the molecule is COc1ccc(CNC(=O)CC2c3ccccc3C=CN2C(C)=O)cc1C(=O)O. The summed E-state index contributed by atoms with van der Waals surface area (Å²) in [5.41, 5.74) is 2.57. The lowest BCUT2D eigenvalue weighted by Crippen LogP contribution is -2.35. The van der Waals surface area contributed by atoms with Gasteiger partial charge < -0.3 is 20.1 Å². The summed E-state index contributed by atoms with van der Waals surface area (Å²) in [5.74, 6) is -1.22. The predicted octanol–water partition coefficient (Wildman–Crippen LogP) is 2.97. The number of carboxylic acid groups (broad SMARTS) is 1. The summed E-state index contributed by atoms with van der Waals surface area (Å²) >= 11 is 0. The molecule has 1 aliphatic rings. The number of carbonyl (C=O) groups excluding carboxylic acids is 2. The molecule has 1 aliphatic heterocycles. The number of hydrogen-bond acceptors (Lipinski definition) is 4. The maximum atomic E-state index is 12.6. The van der Waals surface area contributed by atoms with Gasteiger partial charge in [-0.25, -0.2) is 4.79 Å². The second-order valence-corrected chi connectivity index (χ2v) is 6.71. The molecule has 1 unspecified atom stereocenters. The molecule has 2 N–H and O–H groups in total. The van der Waals surface area contributed by atoms with E-state index in [9.17, 15) is 19.5 Å². The van der Waals surface area contributed by atoms with Gasteiger partial charge in [0.05, 0.1) is 19.6 Å². The number of fused-ring (bicyclic) bond motifs is 1. The fourth-order valence-electron chi connectivity index (χ4n) is 3.39. The number of ether oxygens (including phenoxy) is 1. The van der Waals surface area contributed by atoms with Crippen LogP contribution in [0.25, 0.3) is 6.08 Å². The fourth-order valence-corrected chi connectivity index (χ4v) is 3.39. The number of benzene rings is 2. The van der Waals surface area contributed by atoms with Gasteiger partial charge in [0.2, 0.25) is 11.8 Å². The van der Waals surface area contributed by atoms with Crippen LogP contribution < -0.4 is 10.1 Å². The Bertz CT molecular complexity index is 983. The second kappa shape index (κ2) is 8.60. The minimum Gasteiger partial charge on any atom is -0.496 e. The Labute approximate surface area is 168 Å². The van der Waals surface area contributed by atoms with Crippen LogP contribution in [0.15, 0.2) is 48.7 Å². The molecule has 0 aromatic heterocycles. The number of nitrogens with zero attached hydrogens (tertiary/aromatic N) is 1. The first-order valence-corrected chi connectivity index (χ1v) is 9.13. The van der Waals surface area contributed by atoms with Crippen LogP contribution in [0.2, 0.25) is 0 Å². The molecule has 1 heterocycles. The van der Waals surface area contributed by atoms with Crippen molar-refractivity contribution < 1.29 is 24.2 Å². The summed E-state index contributed by atoms with van der Waals surface area (Å²) in [6, 6.07) is 12.0. The molecule has 1 atom stereocenters. The number of rotatable bonds is 6. The van der Waals surface area contributed by atoms with E-state index in [1.807, 2.05) is 30.3 Å². The maximum Gasteiger partial charge on any atom is 0.339 e. The van der Waals surface area contributed by atoms with Crippen molar-refractivity contribution in [3.8, 4) is 5.75 Å². The number of nitrogens with one attached hydrogen (secondary N) is 1. The molecule has 29 heavy (non-hydrogen) atoms. The number of carbonyl (C=O) groups is 3. The van der Waals surface area contributed by atoms with Crippen LogP contribution >= 0.6 is 0 Å². The van der Waals surface area contributed by atoms with E-state index in [0.717, 1.165) is 11.1 Å². The molecule has 0 saturated carbocycles. The zero-order chi connectivity index (χ0) is 21.0. The minimum absolute atomic E-state index is 0.0355. The highest BCUT2D eigenvalue weighted by molar-refractivity contribution is 5.91. The van der Waals surface area contributed by atoms with E-state index in [1.165, 1.54) is 20.1 Å². The third-order valence-electron chi connectivity index (χ3n) is 4.83. The number of amides is 2. The van der Waals surface area contributed by atoms with Crippen LogP contribution in [0.5, 0.6) is 5.75 Å². The lowest BCUT2D eigenvalue weighted by molar-refractivity contribution is -0.130. The van der Waals surface area contributed by atoms with E-state index in [-0.39, 0.29) is 42.1 Å². The van der Waals surface area contributed by atoms with Crippen molar-refractivity contribution >= 4 is 23.9 Å². The van der Waals surface area contributed by atoms with Gasteiger partial charge in [0, 0.05) is 19.7 Å². The molecule has 0 saturated heterocycles. The normalized spacial score (nSPS) is 14.8. The highest BCUT2D eigenvalue weighted by Crippen LogP contribution is 2.32. The Morgan fingerprint density at radius 1 is 1.17 bits per heavy atom. The van der Waals surface area contributed by atoms with Gasteiger partial charge in [-0.05, 0) is 34.9 Å². The van der Waals surface area contributed by atoms with Crippen LogP contribution in [0.1, 0.15) is 46.4 Å². The summed E-state index contributed by atoms with van der Waals surface area (Å²) in [4.78, 5) is 37.5. The van der Waals surface area contributed by atoms with Crippen LogP contribution in [0.3, 0.4) is 0 Å².